The Labute approximate surface area is 200 Å². The number of hydrogen-bond acceptors (Lipinski definition) is 6. The SMILES string of the molecule is CCOC(=O)C=C(Oc1cccc(OC)c1P(c1ccccc1)c1ccccc1)C(=O)OCC. The molecule has 6 nitrogen and oxygen atoms in total. The van der Waals surface area contributed by atoms with Gasteiger partial charge in [-0.05, 0) is 44.5 Å². The van der Waals surface area contributed by atoms with Gasteiger partial charge < -0.3 is 18.9 Å². The molecule has 0 radical (unpaired) electrons. The Kier molecular flexibility index (Phi) is 9.24. The number of carbonyl (C=O) groups excluding carboxylic acids is 2. The quantitative estimate of drug-likeness (QED) is 0.191. The van der Waals surface area contributed by atoms with E-state index in [0.29, 0.717) is 11.5 Å². The van der Waals surface area contributed by atoms with Crippen molar-refractivity contribution in [2.45, 2.75) is 13.8 Å². The summed E-state index contributed by atoms with van der Waals surface area (Å²) >= 11 is 0. The molecule has 0 unspecified atom stereocenters. The second-order valence-electron chi connectivity index (χ2n) is 6.90. The lowest BCUT2D eigenvalue weighted by molar-refractivity contribution is -0.143. The Hall–Kier alpha value is -3.63. The number of rotatable bonds is 10. The molecule has 0 amide bonds. The Balaban J connectivity index is 2.18. The normalized spacial score (nSPS) is 11.1. The molecule has 3 rings (SSSR count). The van der Waals surface area contributed by atoms with E-state index in [2.05, 4.69) is 24.3 Å². The molecule has 0 aliphatic rings. The lowest BCUT2D eigenvalue weighted by Crippen LogP contribution is -2.25. The van der Waals surface area contributed by atoms with E-state index < -0.39 is 19.9 Å². The zero-order chi connectivity index (χ0) is 24.3. The fourth-order valence-corrected chi connectivity index (χ4v) is 5.75. The summed E-state index contributed by atoms with van der Waals surface area (Å²) in [7, 11) is 0.466. The van der Waals surface area contributed by atoms with E-state index in [9.17, 15) is 9.59 Å². The van der Waals surface area contributed by atoms with Gasteiger partial charge in [-0.1, -0.05) is 66.7 Å². The van der Waals surface area contributed by atoms with Gasteiger partial charge in [0.1, 0.15) is 11.5 Å². The second kappa shape index (κ2) is 12.6. The van der Waals surface area contributed by atoms with Crippen LogP contribution in [-0.4, -0.2) is 32.3 Å². The zero-order valence-corrected chi connectivity index (χ0v) is 20.3. The highest BCUT2D eigenvalue weighted by atomic mass is 31.1. The molecule has 34 heavy (non-hydrogen) atoms. The van der Waals surface area contributed by atoms with E-state index in [0.717, 1.165) is 22.0 Å². The lowest BCUT2D eigenvalue weighted by Gasteiger charge is -2.24. The van der Waals surface area contributed by atoms with Gasteiger partial charge in [0.2, 0.25) is 5.76 Å². The summed E-state index contributed by atoms with van der Waals surface area (Å²) in [5.41, 5.74) is 0. The van der Waals surface area contributed by atoms with E-state index in [1.54, 1.807) is 33.1 Å². The van der Waals surface area contributed by atoms with Gasteiger partial charge in [-0.25, -0.2) is 9.59 Å². The summed E-state index contributed by atoms with van der Waals surface area (Å²) in [6.07, 6.45) is 1.01. The Morgan fingerprint density at radius 2 is 1.32 bits per heavy atom. The Morgan fingerprint density at radius 1 is 0.765 bits per heavy atom. The molecule has 3 aromatic carbocycles. The topological polar surface area (TPSA) is 71.1 Å². The summed E-state index contributed by atoms with van der Waals surface area (Å²) in [5, 5.41) is 2.92. The molecule has 0 atom stereocenters. The third-order valence-electron chi connectivity index (χ3n) is 4.67. The molecule has 7 heteroatoms. The van der Waals surface area contributed by atoms with Crippen molar-refractivity contribution >= 4 is 35.8 Å². The fraction of sp³-hybridized carbons (Fsp3) is 0.185. The molecule has 0 aliphatic heterocycles. The van der Waals surface area contributed by atoms with Crippen molar-refractivity contribution in [3.05, 3.63) is 90.7 Å². The molecule has 0 aliphatic carbocycles. The number of methoxy groups -OCH3 is 1. The van der Waals surface area contributed by atoms with E-state index in [1.165, 1.54) is 0 Å². The second-order valence-corrected chi connectivity index (χ2v) is 9.05. The summed E-state index contributed by atoms with van der Waals surface area (Å²) in [5.74, 6) is -0.709. The first-order valence-corrected chi connectivity index (χ1v) is 12.2. The van der Waals surface area contributed by atoms with Crippen LogP contribution in [0.25, 0.3) is 0 Å². The van der Waals surface area contributed by atoms with Gasteiger partial charge in [0.25, 0.3) is 0 Å². The van der Waals surface area contributed by atoms with Gasteiger partial charge in [0.05, 0.1) is 31.7 Å². The van der Waals surface area contributed by atoms with Crippen LogP contribution >= 0.6 is 7.92 Å². The monoisotopic (exact) mass is 478 g/mol. The number of ether oxygens (including phenoxy) is 4. The van der Waals surface area contributed by atoms with Crippen LogP contribution in [0.5, 0.6) is 11.5 Å². The maximum Gasteiger partial charge on any atom is 0.374 e. The van der Waals surface area contributed by atoms with Crippen LogP contribution in [0.1, 0.15) is 13.8 Å². The van der Waals surface area contributed by atoms with Crippen molar-refractivity contribution in [3.63, 3.8) is 0 Å². The molecule has 0 fully saturated rings. The zero-order valence-electron chi connectivity index (χ0n) is 19.4. The van der Waals surface area contributed by atoms with Gasteiger partial charge in [0, 0.05) is 0 Å². The predicted octanol–water partition coefficient (Wildman–Crippen LogP) is 3.84. The predicted molar refractivity (Wildman–Crippen MR) is 134 cm³/mol. The highest BCUT2D eigenvalue weighted by Gasteiger charge is 2.27. The maximum atomic E-state index is 12.6. The first-order chi connectivity index (χ1) is 16.6. The van der Waals surface area contributed by atoms with Gasteiger partial charge >= 0.3 is 11.9 Å². The van der Waals surface area contributed by atoms with Gasteiger partial charge in [-0.15, -0.1) is 0 Å². The lowest BCUT2D eigenvalue weighted by atomic mass is 10.3. The van der Waals surface area contributed by atoms with Crippen molar-refractivity contribution < 1.29 is 28.5 Å². The smallest absolute Gasteiger partial charge is 0.374 e. The number of benzene rings is 3. The van der Waals surface area contributed by atoms with Crippen LogP contribution in [0, 0.1) is 0 Å². The maximum absolute atomic E-state index is 12.6. The van der Waals surface area contributed by atoms with Crippen LogP contribution in [0.3, 0.4) is 0 Å². The molecular weight excluding hydrogens is 451 g/mol. The van der Waals surface area contributed by atoms with E-state index in [4.69, 9.17) is 18.9 Å². The molecule has 0 saturated heterocycles. The summed E-state index contributed by atoms with van der Waals surface area (Å²) in [4.78, 5) is 24.7. The average Bonchev–Trinajstić information content (AvgIpc) is 2.86. The standard InChI is InChI=1S/C27H27O6P/c1-4-31-25(28)19-24(27(29)32-5-2)33-23-18-12-17-22(30-3)26(23)34(20-13-8-6-9-14-20)21-15-10-7-11-16-21/h6-19H,4-5H2,1-3H3. The van der Waals surface area contributed by atoms with Crippen LogP contribution in [0.4, 0.5) is 0 Å². The van der Waals surface area contributed by atoms with Crippen molar-refractivity contribution in [1.29, 1.82) is 0 Å². The molecule has 0 aromatic heterocycles. The van der Waals surface area contributed by atoms with Crippen molar-refractivity contribution in [1.82, 2.24) is 0 Å². The summed E-state index contributed by atoms with van der Waals surface area (Å²) in [6.45, 7) is 3.67. The van der Waals surface area contributed by atoms with Gasteiger partial charge in [0.15, 0.2) is 0 Å². The van der Waals surface area contributed by atoms with Crippen LogP contribution in [0.15, 0.2) is 90.7 Å². The fourth-order valence-electron chi connectivity index (χ4n) is 3.27. The largest absolute Gasteiger partial charge is 0.496 e. The molecule has 0 bridgehead atoms. The number of hydrogen-bond donors (Lipinski definition) is 0. The third-order valence-corrected chi connectivity index (χ3v) is 7.18. The first-order valence-electron chi connectivity index (χ1n) is 10.9. The van der Waals surface area contributed by atoms with E-state index in [-0.39, 0.29) is 19.0 Å². The van der Waals surface area contributed by atoms with Crippen molar-refractivity contribution in [2.24, 2.45) is 0 Å². The van der Waals surface area contributed by atoms with Gasteiger partial charge in [-0.2, -0.15) is 0 Å². The summed E-state index contributed by atoms with van der Waals surface area (Å²) in [6, 6.07) is 25.4. The van der Waals surface area contributed by atoms with Crippen molar-refractivity contribution in [2.75, 3.05) is 20.3 Å². The summed E-state index contributed by atoms with van der Waals surface area (Å²) < 4.78 is 21.9. The van der Waals surface area contributed by atoms with E-state index in [1.807, 2.05) is 42.5 Å². The number of carbonyl (C=O) groups is 2. The highest BCUT2D eigenvalue weighted by molar-refractivity contribution is 7.80. The minimum absolute atomic E-state index is 0.133. The number of esters is 2. The molecule has 0 spiro atoms. The molecule has 0 saturated carbocycles. The van der Waals surface area contributed by atoms with Gasteiger partial charge in [-0.3, -0.25) is 0 Å². The first kappa shape index (κ1) is 25.0. The van der Waals surface area contributed by atoms with E-state index >= 15 is 0 Å². The third kappa shape index (κ3) is 6.24. The minimum atomic E-state index is -1.12. The van der Waals surface area contributed by atoms with Crippen molar-refractivity contribution in [3.8, 4) is 11.5 Å². The highest BCUT2D eigenvalue weighted by Crippen LogP contribution is 2.40. The molecule has 3 aromatic rings. The Bertz CT molecular complexity index is 1090. The minimum Gasteiger partial charge on any atom is -0.496 e. The van der Waals surface area contributed by atoms with Crippen LogP contribution < -0.4 is 25.4 Å². The Morgan fingerprint density at radius 3 is 1.85 bits per heavy atom. The van der Waals surface area contributed by atoms with Crippen LogP contribution in [0.2, 0.25) is 0 Å². The molecule has 0 heterocycles. The molecule has 176 valence electrons. The van der Waals surface area contributed by atoms with Crippen LogP contribution in [-0.2, 0) is 19.1 Å². The molecular formula is C27H27O6P. The molecule has 0 N–H and O–H groups in total. The average molecular weight is 478 g/mol.